The molecule has 37 heavy (non-hydrogen) atoms. The number of primary amides is 1. The molecule has 0 aromatic heterocycles. The average molecular weight is 530 g/mol. The topological polar surface area (TPSA) is 284 Å². The van der Waals surface area contributed by atoms with E-state index in [0.29, 0.717) is 32.2 Å². The van der Waals surface area contributed by atoms with Crippen molar-refractivity contribution >= 4 is 35.6 Å². The summed E-state index contributed by atoms with van der Waals surface area (Å²) >= 11 is 0. The van der Waals surface area contributed by atoms with Crippen LogP contribution in [0.15, 0.2) is 4.99 Å². The first-order chi connectivity index (χ1) is 17.3. The third-order valence-corrected chi connectivity index (χ3v) is 5.70. The number of hydrogen-bond donors (Lipinski definition) is 9. The molecule has 0 aliphatic carbocycles. The number of carboxylic acids is 1. The highest BCUT2D eigenvalue weighted by molar-refractivity contribution is 5.96. The van der Waals surface area contributed by atoms with Crippen LogP contribution in [0.3, 0.4) is 0 Å². The number of unbranched alkanes of at least 4 members (excludes halogenated alkanes) is 1. The van der Waals surface area contributed by atoms with E-state index in [1.165, 1.54) is 0 Å². The van der Waals surface area contributed by atoms with Crippen LogP contribution in [-0.2, 0) is 24.0 Å². The first-order valence-electron chi connectivity index (χ1n) is 12.3. The van der Waals surface area contributed by atoms with E-state index in [1.807, 2.05) is 0 Å². The zero-order valence-electron chi connectivity index (χ0n) is 21.6. The van der Waals surface area contributed by atoms with Crippen LogP contribution < -0.4 is 44.6 Å². The minimum Gasteiger partial charge on any atom is -0.480 e. The number of guanidine groups is 1. The second-order valence-electron chi connectivity index (χ2n) is 8.84. The molecule has 5 unspecified atom stereocenters. The minimum absolute atomic E-state index is 0.0960. The Morgan fingerprint density at radius 2 is 1.49 bits per heavy atom. The fraction of sp³-hybridized carbons (Fsp3) is 0.727. The van der Waals surface area contributed by atoms with Gasteiger partial charge in [0, 0.05) is 6.54 Å². The molecule has 0 aliphatic heterocycles. The van der Waals surface area contributed by atoms with E-state index < -0.39 is 66.1 Å². The summed E-state index contributed by atoms with van der Waals surface area (Å²) in [6.07, 6.45) is 1.78. The van der Waals surface area contributed by atoms with Gasteiger partial charge in [-0.25, -0.2) is 4.79 Å². The second-order valence-corrected chi connectivity index (χ2v) is 8.84. The van der Waals surface area contributed by atoms with Crippen molar-refractivity contribution in [3.05, 3.63) is 0 Å². The van der Waals surface area contributed by atoms with Crippen molar-refractivity contribution in [3.63, 3.8) is 0 Å². The lowest BCUT2D eigenvalue weighted by atomic mass is 9.96. The van der Waals surface area contributed by atoms with Crippen molar-refractivity contribution in [3.8, 4) is 0 Å². The van der Waals surface area contributed by atoms with Gasteiger partial charge in [-0.05, 0) is 44.6 Å². The van der Waals surface area contributed by atoms with Gasteiger partial charge in [-0.1, -0.05) is 20.3 Å². The summed E-state index contributed by atoms with van der Waals surface area (Å²) < 4.78 is 0. The predicted molar refractivity (Wildman–Crippen MR) is 137 cm³/mol. The Bertz CT molecular complexity index is 804. The molecule has 212 valence electrons. The van der Waals surface area contributed by atoms with Gasteiger partial charge in [-0.2, -0.15) is 0 Å². The lowest BCUT2D eigenvalue weighted by Gasteiger charge is -2.28. The Kier molecular flexibility index (Phi) is 16.2. The third-order valence-electron chi connectivity index (χ3n) is 5.70. The molecule has 15 heteroatoms. The molecule has 0 heterocycles. The molecule has 0 radical (unpaired) electrons. The van der Waals surface area contributed by atoms with Crippen molar-refractivity contribution in [2.24, 2.45) is 39.6 Å². The Morgan fingerprint density at radius 3 is 2.00 bits per heavy atom. The Labute approximate surface area is 216 Å². The molecule has 15 nitrogen and oxygen atoms in total. The number of nitrogens with zero attached hydrogens (tertiary/aromatic N) is 1. The van der Waals surface area contributed by atoms with E-state index in [9.17, 15) is 29.1 Å². The van der Waals surface area contributed by atoms with E-state index in [-0.39, 0.29) is 25.3 Å². The van der Waals surface area contributed by atoms with E-state index in [4.69, 9.17) is 28.7 Å². The molecular weight excluding hydrogens is 486 g/mol. The lowest BCUT2D eigenvalue weighted by molar-refractivity contribution is -0.143. The monoisotopic (exact) mass is 529 g/mol. The molecule has 0 saturated heterocycles. The largest absolute Gasteiger partial charge is 0.480 e. The number of amides is 4. The predicted octanol–water partition coefficient (Wildman–Crippen LogP) is -3.04. The zero-order chi connectivity index (χ0) is 28.5. The van der Waals surface area contributed by atoms with Gasteiger partial charge in [-0.3, -0.25) is 24.2 Å². The van der Waals surface area contributed by atoms with Crippen LogP contribution in [0.2, 0.25) is 0 Å². The van der Waals surface area contributed by atoms with E-state index in [0.717, 1.165) is 0 Å². The number of nitrogens with two attached hydrogens (primary N) is 5. The van der Waals surface area contributed by atoms with Crippen LogP contribution >= 0.6 is 0 Å². The van der Waals surface area contributed by atoms with E-state index in [2.05, 4.69) is 20.9 Å². The molecule has 0 rings (SSSR count). The molecule has 0 aromatic carbocycles. The standard InChI is InChI=1S/C22H43N9O6/c1-3-12(2)17(20(35)29-14(21(36)37)8-4-5-9-23)31-19(34)15(11-16(25)32)30-18(33)13(24)7-6-10-28-22(26)27/h12-15,17H,3-11,23-24H2,1-2H3,(H2,25,32)(H,29,35)(H,30,33)(H,31,34)(H,36,37)(H4,26,27,28). The summed E-state index contributed by atoms with van der Waals surface area (Å²) in [4.78, 5) is 65.4. The normalized spacial score (nSPS) is 14.8. The van der Waals surface area contributed by atoms with Crippen LogP contribution in [0, 0.1) is 5.92 Å². The number of carboxylic acid groups (broad SMARTS) is 1. The van der Waals surface area contributed by atoms with Gasteiger partial charge in [0.2, 0.25) is 23.6 Å². The zero-order valence-corrected chi connectivity index (χ0v) is 21.6. The van der Waals surface area contributed by atoms with E-state index in [1.54, 1.807) is 13.8 Å². The fourth-order valence-corrected chi connectivity index (χ4v) is 3.31. The van der Waals surface area contributed by atoms with Crippen LogP contribution in [0.5, 0.6) is 0 Å². The summed E-state index contributed by atoms with van der Waals surface area (Å²) in [6, 6.07) is -4.71. The number of carbonyl (C=O) groups is 5. The maximum absolute atomic E-state index is 13.0. The first-order valence-corrected chi connectivity index (χ1v) is 12.3. The second kappa shape index (κ2) is 17.9. The quantitative estimate of drug-likeness (QED) is 0.0463. The molecule has 0 bridgehead atoms. The molecule has 5 atom stereocenters. The van der Waals surface area contributed by atoms with Crippen LogP contribution in [0.25, 0.3) is 0 Å². The van der Waals surface area contributed by atoms with Crippen LogP contribution in [-0.4, -0.2) is 77.9 Å². The Balaban J connectivity index is 5.44. The number of rotatable bonds is 19. The number of carbonyl (C=O) groups excluding carboxylic acids is 4. The number of aliphatic imine (C=N–C) groups is 1. The van der Waals surface area contributed by atoms with Crippen molar-refractivity contribution in [2.45, 2.75) is 83.0 Å². The van der Waals surface area contributed by atoms with Crippen LogP contribution in [0.1, 0.15) is 58.8 Å². The summed E-state index contributed by atoms with van der Waals surface area (Å²) in [5.74, 6) is -4.82. The number of hydrogen-bond acceptors (Lipinski definition) is 8. The summed E-state index contributed by atoms with van der Waals surface area (Å²) in [5, 5.41) is 16.8. The van der Waals surface area contributed by atoms with E-state index >= 15 is 0 Å². The van der Waals surface area contributed by atoms with Gasteiger partial charge in [-0.15, -0.1) is 0 Å². The minimum atomic E-state index is -1.40. The SMILES string of the molecule is CCC(C)C(NC(=O)C(CC(N)=O)NC(=O)C(N)CCCN=C(N)N)C(=O)NC(CCCCN)C(=O)O. The molecule has 14 N–H and O–H groups in total. The molecule has 0 aromatic rings. The molecule has 0 aliphatic rings. The van der Waals surface area contributed by atoms with Crippen LogP contribution in [0.4, 0.5) is 0 Å². The van der Waals surface area contributed by atoms with Crippen molar-refractivity contribution in [2.75, 3.05) is 13.1 Å². The van der Waals surface area contributed by atoms with Crippen molar-refractivity contribution in [1.29, 1.82) is 0 Å². The first kappa shape index (κ1) is 33.5. The summed E-state index contributed by atoms with van der Waals surface area (Å²) in [7, 11) is 0. The maximum Gasteiger partial charge on any atom is 0.326 e. The maximum atomic E-state index is 13.0. The average Bonchev–Trinajstić information content (AvgIpc) is 2.82. The van der Waals surface area contributed by atoms with Gasteiger partial charge in [0.15, 0.2) is 5.96 Å². The Morgan fingerprint density at radius 1 is 0.865 bits per heavy atom. The van der Waals surface area contributed by atoms with Gasteiger partial charge < -0.3 is 49.7 Å². The third kappa shape index (κ3) is 14.0. The molecule has 4 amide bonds. The smallest absolute Gasteiger partial charge is 0.326 e. The highest BCUT2D eigenvalue weighted by Crippen LogP contribution is 2.11. The fourth-order valence-electron chi connectivity index (χ4n) is 3.31. The van der Waals surface area contributed by atoms with Gasteiger partial charge in [0.1, 0.15) is 18.1 Å². The summed E-state index contributed by atoms with van der Waals surface area (Å²) in [5.41, 5.74) is 27.0. The molecule has 0 fully saturated rings. The highest BCUT2D eigenvalue weighted by atomic mass is 16.4. The van der Waals surface area contributed by atoms with Crippen molar-refractivity contribution < 1.29 is 29.1 Å². The number of aliphatic carboxylic acids is 1. The molecule has 0 spiro atoms. The lowest BCUT2D eigenvalue weighted by Crippen LogP contribution is -2.59. The van der Waals surface area contributed by atoms with Gasteiger partial charge >= 0.3 is 5.97 Å². The molecular formula is C22H43N9O6. The van der Waals surface area contributed by atoms with Gasteiger partial charge in [0.25, 0.3) is 0 Å². The Hall–Kier alpha value is -3.46. The van der Waals surface area contributed by atoms with Crippen molar-refractivity contribution in [1.82, 2.24) is 16.0 Å². The highest BCUT2D eigenvalue weighted by Gasteiger charge is 2.33. The summed E-state index contributed by atoms with van der Waals surface area (Å²) in [6.45, 7) is 4.13. The molecule has 0 saturated carbocycles. The number of nitrogens with one attached hydrogen (secondary N) is 3. The van der Waals surface area contributed by atoms with Gasteiger partial charge in [0.05, 0.1) is 12.5 Å².